The molecule has 1 aliphatic carbocycles. The highest BCUT2D eigenvalue weighted by molar-refractivity contribution is 7.27. The number of aromatic nitrogens is 12. The Balaban J connectivity index is 0.000000105. The highest BCUT2D eigenvalue weighted by atomic mass is 32.1. The van der Waals surface area contributed by atoms with Gasteiger partial charge in [0.05, 0.1) is 22.3 Å². The van der Waals surface area contributed by atoms with Crippen LogP contribution in [0.2, 0.25) is 0 Å². The van der Waals surface area contributed by atoms with Crippen molar-refractivity contribution in [3.8, 4) is 142 Å². The summed E-state index contributed by atoms with van der Waals surface area (Å²) in [4.78, 5) is 61.3. The largest absolute Gasteiger partial charge is 0.485 e. The monoisotopic (exact) mass is 1900 g/mol. The molecule has 15 nitrogen and oxygen atoms in total. The van der Waals surface area contributed by atoms with Gasteiger partial charge in [-0.25, -0.2) is 59.8 Å². The summed E-state index contributed by atoms with van der Waals surface area (Å²) in [6.07, 6.45) is 4.38. The minimum Gasteiger partial charge on any atom is -0.485 e. The van der Waals surface area contributed by atoms with Crippen molar-refractivity contribution in [2.75, 3.05) is 0 Å². The van der Waals surface area contributed by atoms with Gasteiger partial charge in [0.2, 0.25) is 11.4 Å². The molecule has 12 heterocycles. The van der Waals surface area contributed by atoms with Crippen LogP contribution in [0.5, 0.6) is 5.75 Å². The molecule has 2 aliphatic rings. The van der Waals surface area contributed by atoms with Gasteiger partial charge in [0.25, 0.3) is 0 Å². The molecular formula is C126H74N12O3S3. The van der Waals surface area contributed by atoms with Crippen LogP contribution in [0.4, 0.5) is 0 Å². The average Bonchev–Trinajstić information content (AvgIpc) is 1.57. The summed E-state index contributed by atoms with van der Waals surface area (Å²) in [7, 11) is 0. The summed E-state index contributed by atoms with van der Waals surface area (Å²) in [5.41, 5.74) is 18.4. The second-order valence-electron chi connectivity index (χ2n) is 35.9. The van der Waals surface area contributed by atoms with Gasteiger partial charge in [0.1, 0.15) is 28.7 Å². The Kier molecular flexibility index (Phi) is 20.3. The van der Waals surface area contributed by atoms with Crippen LogP contribution >= 0.6 is 34.0 Å². The lowest BCUT2D eigenvalue weighted by molar-refractivity contribution is 0.288. The van der Waals surface area contributed by atoms with Crippen LogP contribution in [0, 0.1) is 0 Å². The fourth-order valence-corrected chi connectivity index (χ4v) is 24.0. The van der Waals surface area contributed by atoms with Crippen LogP contribution in [0.25, 0.3) is 275 Å². The molecule has 0 N–H and O–H groups in total. The first-order valence-electron chi connectivity index (χ1n) is 47.7. The molecule has 0 saturated carbocycles. The zero-order chi connectivity index (χ0) is 94.8. The number of benzene rings is 17. The number of furan rings is 2. The standard InChI is InChI=1S/2C42H24N4OS.C42H26N4OS/c1-3-12-25(13-4-1)39-44-40(26-14-5-2-6-15-26)46-41(45-39)32-23-28(29-18-11-19-31-30-17-8-10-21-36(30)48-38(29)31)24-35-37(32)33-22-27-16-7-9-20-34(27)43-42(33)47-35;1-3-12-25(13-4-1)39-44-40(26-14-5-2-6-15-26)46-41(45-39)33-24-34(31-20-11-19-30-29-18-9-10-21-36(29)48-38(30)31)43-42-37(33)32-22-27-16-7-8-17-28(27)23-35(32)47-42;1-3-12-25(13-4-1)40-44-41(26-14-5-2-6-15-26)46-42(45-40)38-37-32-22-27-16-7-8-17-28(27)23-34(32)47-35(37)24-33(43-38)31-20-11-19-30-29-18-9-10-21-36(29)48-39(30)31/h2*1-24H;1-24,32,34H. The lowest BCUT2D eigenvalue weighted by Gasteiger charge is -2.17. The predicted octanol–water partition coefficient (Wildman–Crippen LogP) is 31.1. The molecular weight excluding hydrogens is 1830 g/mol. The third kappa shape index (κ3) is 14.8. The minimum absolute atomic E-state index is 0.0383. The van der Waals surface area contributed by atoms with Gasteiger partial charge in [-0.05, 0) is 99.1 Å². The van der Waals surface area contributed by atoms with Crippen molar-refractivity contribution >= 4 is 172 Å². The van der Waals surface area contributed by atoms with E-state index < -0.39 is 0 Å². The van der Waals surface area contributed by atoms with E-state index in [1.165, 1.54) is 71.0 Å². The Morgan fingerprint density at radius 1 is 0.222 bits per heavy atom. The highest BCUT2D eigenvalue weighted by Crippen LogP contribution is 2.52. The fraction of sp³-hybridized carbons (Fsp3) is 0.0159. The van der Waals surface area contributed by atoms with Gasteiger partial charge >= 0.3 is 0 Å². The minimum atomic E-state index is -0.158. The maximum Gasteiger partial charge on any atom is 0.228 e. The van der Waals surface area contributed by atoms with E-state index >= 15 is 0 Å². The molecule has 2 atom stereocenters. The average molecular weight is 1900 g/mol. The van der Waals surface area contributed by atoms with Gasteiger partial charge in [-0.3, -0.25) is 0 Å². The van der Waals surface area contributed by atoms with Gasteiger partial charge < -0.3 is 13.6 Å². The Morgan fingerprint density at radius 2 is 0.604 bits per heavy atom. The van der Waals surface area contributed by atoms with Gasteiger partial charge in [-0.1, -0.05) is 364 Å². The number of ether oxygens (including phenoxy) is 1. The number of hydrogen-bond donors (Lipinski definition) is 0. The van der Waals surface area contributed by atoms with Crippen molar-refractivity contribution in [2.45, 2.75) is 12.0 Å². The molecule has 0 amide bonds. The third-order valence-electron chi connectivity index (χ3n) is 27.1. The zero-order valence-electron chi connectivity index (χ0n) is 76.5. The van der Waals surface area contributed by atoms with Gasteiger partial charge in [0, 0.05) is 155 Å². The summed E-state index contributed by atoms with van der Waals surface area (Å²) in [6.45, 7) is 0. The van der Waals surface area contributed by atoms with E-state index in [1.807, 2.05) is 218 Å². The van der Waals surface area contributed by atoms with Crippen molar-refractivity contribution in [3.63, 3.8) is 0 Å². The second-order valence-corrected chi connectivity index (χ2v) is 39.0. The molecule has 0 saturated heterocycles. The molecule has 18 heteroatoms. The van der Waals surface area contributed by atoms with Crippen LogP contribution in [0.15, 0.2) is 433 Å². The molecule has 17 aromatic carbocycles. The first kappa shape index (κ1) is 83.7. The first-order valence-corrected chi connectivity index (χ1v) is 50.1. The number of thiophene rings is 3. The lowest BCUT2D eigenvalue weighted by Crippen LogP contribution is -2.34. The smallest absolute Gasteiger partial charge is 0.228 e. The molecule has 144 heavy (non-hydrogen) atoms. The van der Waals surface area contributed by atoms with E-state index in [0.29, 0.717) is 69.5 Å². The summed E-state index contributed by atoms with van der Waals surface area (Å²) >= 11 is 5.39. The maximum atomic E-state index is 6.80. The molecule has 11 aromatic heterocycles. The van der Waals surface area contributed by atoms with Crippen molar-refractivity contribution in [1.82, 2.24) is 59.8 Å². The predicted molar refractivity (Wildman–Crippen MR) is 588 cm³/mol. The Morgan fingerprint density at radius 3 is 1.10 bits per heavy atom. The molecule has 0 fully saturated rings. The molecule has 0 spiro atoms. The number of nitrogens with zero attached hydrogens (tertiary/aromatic N) is 12. The Bertz CT molecular complexity index is 9620. The lowest BCUT2D eigenvalue weighted by atomic mass is 9.88. The third-order valence-corrected chi connectivity index (χ3v) is 30.8. The maximum absolute atomic E-state index is 6.80. The second kappa shape index (κ2) is 34.8. The fourth-order valence-electron chi connectivity index (χ4n) is 20.3. The SMILES string of the molecule is C1=c2ccccc2=CC2c3c(cc(-c4cccc5c4sc4ccccc45)nc3-c3nc(-c4ccccc4)nc(-c4ccccc4)n3)OC12.c1ccc(-c2nc(-c3ccccc3)nc(-c3cc(-c4cccc5c4sc4ccccc45)cc4oc5nc6ccccc6cc5c34)n2)cc1.c1ccc(-c2nc(-c3ccccc3)nc(-c3cc(-c4cccc5c4sc4ccccc45)nc4oc5cc6ccccc6cc5c34)n2)cc1. The van der Waals surface area contributed by atoms with Crippen molar-refractivity contribution in [1.29, 1.82) is 0 Å². The van der Waals surface area contributed by atoms with Crippen molar-refractivity contribution < 1.29 is 13.6 Å². The van der Waals surface area contributed by atoms with E-state index in [2.05, 4.69) is 231 Å². The highest BCUT2D eigenvalue weighted by Gasteiger charge is 2.39. The van der Waals surface area contributed by atoms with Gasteiger partial charge in [-0.2, -0.15) is 0 Å². The van der Waals surface area contributed by atoms with Crippen LogP contribution in [0.3, 0.4) is 0 Å². The van der Waals surface area contributed by atoms with E-state index in [-0.39, 0.29) is 12.0 Å². The van der Waals surface area contributed by atoms with E-state index in [9.17, 15) is 0 Å². The summed E-state index contributed by atoms with van der Waals surface area (Å²) < 4.78 is 27.4. The molecule has 28 aromatic rings. The molecule has 1 aliphatic heterocycles. The van der Waals surface area contributed by atoms with E-state index in [0.717, 1.165) is 144 Å². The van der Waals surface area contributed by atoms with Gasteiger partial charge in [-0.15, -0.1) is 34.0 Å². The van der Waals surface area contributed by atoms with E-state index in [4.69, 9.17) is 73.4 Å². The summed E-state index contributed by atoms with van der Waals surface area (Å²) in [5.74, 6) is 6.09. The quantitative estimate of drug-likeness (QED) is 0.112. The molecule has 674 valence electrons. The zero-order valence-corrected chi connectivity index (χ0v) is 79.0. The topological polar surface area (TPSA) is 190 Å². The number of para-hydroxylation sites is 1. The number of fused-ring (bicyclic) bond motifs is 21. The molecule has 2 unspecified atom stereocenters. The first-order chi connectivity index (χ1) is 71.3. The van der Waals surface area contributed by atoms with Gasteiger partial charge in [0.15, 0.2) is 52.4 Å². The van der Waals surface area contributed by atoms with E-state index in [1.54, 1.807) is 22.7 Å². The Hall–Kier alpha value is -18.5. The van der Waals surface area contributed by atoms with Crippen molar-refractivity contribution in [3.05, 3.63) is 441 Å². The summed E-state index contributed by atoms with van der Waals surface area (Å²) in [5, 5.41) is 16.8. The van der Waals surface area contributed by atoms with Crippen LogP contribution in [-0.2, 0) is 0 Å². The molecule has 0 radical (unpaired) electrons. The molecule has 30 rings (SSSR count). The van der Waals surface area contributed by atoms with Crippen LogP contribution in [-0.4, -0.2) is 65.9 Å². The number of hydrogen-bond acceptors (Lipinski definition) is 18. The number of rotatable bonds is 12. The van der Waals surface area contributed by atoms with Crippen LogP contribution in [0.1, 0.15) is 11.5 Å². The number of pyridine rings is 3. The summed E-state index contributed by atoms with van der Waals surface area (Å²) in [6, 6.07) is 146. The molecule has 0 bridgehead atoms. The van der Waals surface area contributed by atoms with Crippen LogP contribution < -0.4 is 15.2 Å². The normalized spacial score (nSPS) is 13.2. The van der Waals surface area contributed by atoms with Crippen molar-refractivity contribution in [2.24, 2.45) is 0 Å². The Labute approximate surface area is 834 Å².